The molecule has 140 valence electrons. The highest BCUT2D eigenvalue weighted by atomic mass is 15.3. The van der Waals surface area contributed by atoms with E-state index >= 15 is 0 Å². The van der Waals surface area contributed by atoms with E-state index in [4.69, 9.17) is 5.73 Å². The van der Waals surface area contributed by atoms with Gasteiger partial charge in [0.25, 0.3) is 0 Å². The highest BCUT2D eigenvalue weighted by molar-refractivity contribution is 5.62. The minimum atomic E-state index is 0.0776. The first-order valence-electron chi connectivity index (χ1n) is 10.4. The first kappa shape index (κ1) is 21.4. The van der Waals surface area contributed by atoms with Crippen LogP contribution in [0.15, 0.2) is 17.1 Å². The second-order valence-corrected chi connectivity index (χ2v) is 7.29. The summed E-state index contributed by atoms with van der Waals surface area (Å²) < 4.78 is 0. The molecule has 0 spiro atoms. The molecule has 2 N–H and O–H groups in total. The Balaban J connectivity index is 1.85. The molecule has 24 heavy (non-hydrogen) atoms. The lowest BCUT2D eigenvalue weighted by atomic mass is 10.0. The van der Waals surface area contributed by atoms with Gasteiger partial charge in [0.05, 0.1) is 6.17 Å². The second kappa shape index (κ2) is 14.7. The van der Waals surface area contributed by atoms with Gasteiger partial charge in [-0.3, -0.25) is 9.89 Å². The van der Waals surface area contributed by atoms with Gasteiger partial charge in [-0.25, -0.2) is 0 Å². The number of nitrogens with zero attached hydrogens (tertiary/aromatic N) is 2. The summed E-state index contributed by atoms with van der Waals surface area (Å²) in [5, 5.41) is 0. The van der Waals surface area contributed by atoms with Gasteiger partial charge in [-0.1, -0.05) is 83.6 Å². The van der Waals surface area contributed by atoms with Crippen LogP contribution in [0.3, 0.4) is 0 Å². The van der Waals surface area contributed by atoms with Crippen LogP contribution in [0.5, 0.6) is 0 Å². The largest absolute Gasteiger partial charge is 0.316 e. The molecule has 1 aliphatic rings. The number of allylic oxidation sites excluding steroid dienone is 1. The molecule has 1 rings (SSSR count). The van der Waals surface area contributed by atoms with Crippen molar-refractivity contribution < 1.29 is 0 Å². The fourth-order valence-electron chi connectivity index (χ4n) is 3.33. The third kappa shape index (κ3) is 10.2. The smallest absolute Gasteiger partial charge is 0.122 e. The molecule has 0 radical (unpaired) electrons. The van der Waals surface area contributed by atoms with Gasteiger partial charge in [-0.05, 0) is 25.8 Å². The molecule has 3 heteroatoms. The molecular weight excluding hydrogens is 294 g/mol. The monoisotopic (exact) mass is 335 g/mol. The lowest BCUT2D eigenvalue weighted by molar-refractivity contribution is 0.224. The normalized spacial score (nSPS) is 19.5. The highest BCUT2D eigenvalue weighted by Crippen LogP contribution is 2.14. The Bertz CT molecular complexity index is 336. The summed E-state index contributed by atoms with van der Waals surface area (Å²) in [6.45, 7) is 5.19. The zero-order chi connectivity index (χ0) is 17.5. The lowest BCUT2D eigenvalue weighted by Crippen LogP contribution is -2.42. The van der Waals surface area contributed by atoms with Gasteiger partial charge < -0.3 is 5.73 Å². The standard InChI is InChI=1S/C21H41N3/c1-3-4-5-6-7-8-9-10-11-12-13-14-15-16-17-21-23-18-19-24(21)20(2)22/h16-18,20-21H,3-15,19,22H2,1-2H3/b17-16+. The van der Waals surface area contributed by atoms with Gasteiger partial charge in [0.1, 0.15) is 6.17 Å². The molecule has 2 atom stereocenters. The summed E-state index contributed by atoms with van der Waals surface area (Å²) in [5.41, 5.74) is 5.95. The molecule has 1 aliphatic heterocycles. The molecule has 0 aliphatic carbocycles. The number of aliphatic imine (C=N–C) groups is 1. The topological polar surface area (TPSA) is 41.6 Å². The first-order chi connectivity index (χ1) is 11.8. The Labute approximate surface area is 150 Å². The Morgan fingerprint density at radius 1 is 1.00 bits per heavy atom. The van der Waals surface area contributed by atoms with Crippen molar-refractivity contribution in [1.29, 1.82) is 0 Å². The molecule has 0 aromatic rings. The van der Waals surface area contributed by atoms with E-state index in [1.54, 1.807) is 0 Å². The van der Waals surface area contributed by atoms with Gasteiger partial charge >= 0.3 is 0 Å². The maximum Gasteiger partial charge on any atom is 0.122 e. The van der Waals surface area contributed by atoms with Gasteiger partial charge in [-0.2, -0.15) is 0 Å². The van der Waals surface area contributed by atoms with Crippen molar-refractivity contribution in [3.8, 4) is 0 Å². The Morgan fingerprint density at radius 2 is 1.54 bits per heavy atom. The Hall–Kier alpha value is -0.670. The van der Waals surface area contributed by atoms with Gasteiger partial charge in [0.15, 0.2) is 0 Å². The van der Waals surface area contributed by atoms with E-state index in [1.807, 2.05) is 13.1 Å². The summed E-state index contributed by atoms with van der Waals surface area (Å²) in [5.74, 6) is 0. The second-order valence-electron chi connectivity index (χ2n) is 7.29. The van der Waals surface area contributed by atoms with Crippen LogP contribution in [0, 0.1) is 0 Å². The van der Waals surface area contributed by atoms with Gasteiger partial charge in [0.2, 0.25) is 0 Å². The van der Waals surface area contributed by atoms with E-state index in [-0.39, 0.29) is 12.3 Å². The van der Waals surface area contributed by atoms with E-state index in [2.05, 4.69) is 29.0 Å². The number of nitrogens with two attached hydrogens (primary N) is 1. The third-order valence-electron chi connectivity index (χ3n) is 4.95. The predicted octanol–water partition coefficient (Wildman–Crippen LogP) is 5.65. The van der Waals surface area contributed by atoms with Crippen molar-refractivity contribution in [3.05, 3.63) is 12.2 Å². The molecular formula is C21H41N3. The molecule has 0 saturated heterocycles. The fourth-order valence-corrected chi connectivity index (χ4v) is 3.33. The Morgan fingerprint density at radius 3 is 2.08 bits per heavy atom. The summed E-state index contributed by atoms with van der Waals surface area (Å²) in [7, 11) is 0. The predicted molar refractivity (Wildman–Crippen MR) is 107 cm³/mol. The average molecular weight is 336 g/mol. The number of hydrogen-bond donors (Lipinski definition) is 1. The van der Waals surface area contributed by atoms with Crippen molar-refractivity contribution in [1.82, 2.24) is 4.90 Å². The van der Waals surface area contributed by atoms with Gasteiger partial charge in [0, 0.05) is 12.8 Å². The summed E-state index contributed by atoms with van der Waals surface area (Å²) in [4.78, 5) is 6.68. The maximum atomic E-state index is 5.95. The van der Waals surface area contributed by atoms with E-state index in [9.17, 15) is 0 Å². The van der Waals surface area contributed by atoms with Crippen molar-refractivity contribution in [3.63, 3.8) is 0 Å². The zero-order valence-electron chi connectivity index (χ0n) is 16.3. The molecule has 0 saturated carbocycles. The number of hydrogen-bond acceptors (Lipinski definition) is 3. The zero-order valence-corrected chi connectivity index (χ0v) is 16.3. The highest BCUT2D eigenvalue weighted by Gasteiger charge is 2.20. The molecule has 3 nitrogen and oxygen atoms in total. The van der Waals surface area contributed by atoms with Crippen LogP contribution in [0.25, 0.3) is 0 Å². The van der Waals surface area contributed by atoms with Crippen LogP contribution >= 0.6 is 0 Å². The van der Waals surface area contributed by atoms with Crippen LogP contribution in [-0.4, -0.2) is 30.0 Å². The molecule has 0 aromatic carbocycles. The van der Waals surface area contributed by atoms with E-state index in [0.29, 0.717) is 0 Å². The first-order valence-corrected chi connectivity index (χ1v) is 10.4. The summed E-state index contributed by atoms with van der Waals surface area (Å²) >= 11 is 0. The van der Waals surface area contributed by atoms with Crippen molar-refractivity contribution in [2.75, 3.05) is 6.54 Å². The summed E-state index contributed by atoms with van der Waals surface area (Å²) in [6.07, 6.45) is 24.8. The molecule has 0 bridgehead atoms. The number of rotatable bonds is 15. The van der Waals surface area contributed by atoms with Crippen molar-refractivity contribution in [2.24, 2.45) is 10.7 Å². The fraction of sp³-hybridized carbons (Fsp3) is 0.857. The molecule has 1 heterocycles. The lowest BCUT2D eigenvalue weighted by Gasteiger charge is -2.24. The van der Waals surface area contributed by atoms with Crippen molar-refractivity contribution >= 4 is 6.21 Å². The van der Waals surface area contributed by atoms with E-state index in [0.717, 1.165) is 6.54 Å². The molecule has 0 aromatic heterocycles. The van der Waals surface area contributed by atoms with Crippen LogP contribution in [0.2, 0.25) is 0 Å². The van der Waals surface area contributed by atoms with Gasteiger partial charge in [-0.15, -0.1) is 0 Å². The molecule has 0 fully saturated rings. The molecule has 2 unspecified atom stereocenters. The Kier molecular flexibility index (Phi) is 13.1. The van der Waals surface area contributed by atoms with Crippen molar-refractivity contribution in [2.45, 2.75) is 110 Å². The number of unbranched alkanes of at least 4 members (excludes halogenated alkanes) is 12. The minimum absolute atomic E-state index is 0.0776. The van der Waals surface area contributed by atoms with Crippen LogP contribution in [0.4, 0.5) is 0 Å². The van der Waals surface area contributed by atoms with E-state index in [1.165, 1.54) is 83.5 Å². The average Bonchev–Trinajstić information content (AvgIpc) is 3.04. The van der Waals surface area contributed by atoms with Crippen LogP contribution in [0.1, 0.15) is 97.3 Å². The minimum Gasteiger partial charge on any atom is -0.316 e. The van der Waals surface area contributed by atoms with Crippen LogP contribution < -0.4 is 5.73 Å². The molecule has 0 amide bonds. The quantitative estimate of drug-likeness (QED) is 0.310. The van der Waals surface area contributed by atoms with Crippen LogP contribution in [-0.2, 0) is 0 Å². The third-order valence-corrected chi connectivity index (χ3v) is 4.95. The SMILES string of the molecule is CCCCCCCCCCCCCC/C=C/C1N=CCN1C(C)N. The maximum absolute atomic E-state index is 5.95. The van der Waals surface area contributed by atoms with E-state index < -0.39 is 0 Å². The summed E-state index contributed by atoms with van der Waals surface area (Å²) in [6, 6.07) is 0.